The van der Waals surface area contributed by atoms with Gasteiger partial charge in [0, 0.05) is 12.5 Å². The van der Waals surface area contributed by atoms with Gasteiger partial charge < -0.3 is 15.2 Å². The van der Waals surface area contributed by atoms with Gasteiger partial charge >= 0.3 is 5.97 Å². The number of carbonyl (C=O) groups is 1. The van der Waals surface area contributed by atoms with Gasteiger partial charge in [-0.15, -0.1) is 11.3 Å². The summed E-state index contributed by atoms with van der Waals surface area (Å²) in [5.74, 6) is -0.616. The number of ether oxygens (including phenoxy) is 1. The van der Waals surface area contributed by atoms with Crippen LogP contribution in [0.1, 0.15) is 24.3 Å². The van der Waals surface area contributed by atoms with Crippen molar-refractivity contribution in [3.8, 4) is 0 Å². The van der Waals surface area contributed by atoms with Crippen LogP contribution in [0.5, 0.6) is 0 Å². The Kier molecular flexibility index (Phi) is 4.70. The fourth-order valence-corrected chi connectivity index (χ4v) is 1.92. The van der Waals surface area contributed by atoms with Gasteiger partial charge in [-0.3, -0.25) is 0 Å². The predicted octanol–water partition coefficient (Wildman–Crippen LogP) is 1.92. The van der Waals surface area contributed by atoms with E-state index in [1.54, 1.807) is 7.11 Å². The summed E-state index contributed by atoms with van der Waals surface area (Å²) in [4.78, 5) is 14.6. The first-order chi connectivity index (χ1) is 7.54. The molecule has 1 rings (SSSR count). The molecule has 0 bridgehead atoms. The van der Waals surface area contributed by atoms with Crippen molar-refractivity contribution in [3.63, 3.8) is 0 Å². The molecule has 0 aliphatic heterocycles. The lowest BCUT2D eigenvalue weighted by atomic mass is 10.1. The molecule has 5 nitrogen and oxygen atoms in total. The van der Waals surface area contributed by atoms with Crippen molar-refractivity contribution >= 4 is 22.4 Å². The lowest BCUT2D eigenvalue weighted by Crippen LogP contribution is -2.30. The molecular weight excluding hydrogens is 228 g/mol. The standard InChI is InChI=1S/C10H16N2O3S/c1-6(2)7(4-15-3)11-10-12-8(5-16-10)9(13)14/h5-7H,4H2,1-3H3,(H,11,12)(H,13,14). The largest absolute Gasteiger partial charge is 0.476 e. The SMILES string of the molecule is COCC(Nc1nc(C(=O)O)cs1)C(C)C. The lowest BCUT2D eigenvalue weighted by Gasteiger charge is -2.20. The molecule has 16 heavy (non-hydrogen) atoms. The number of anilines is 1. The number of rotatable bonds is 6. The molecule has 6 heteroatoms. The van der Waals surface area contributed by atoms with E-state index in [-0.39, 0.29) is 11.7 Å². The van der Waals surface area contributed by atoms with E-state index in [1.165, 1.54) is 16.7 Å². The Bertz CT molecular complexity index is 352. The molecule has 1 aromatic heterocycles. The van der Waals surface area contributed by atoms with E-state index < -0.39 is 5.97 Å². The van der Waals surface area contributed by atoms with E-state index in [9.17, 15) is 4.79 Å². The topological polar surface area (TPSA) is 71.5 Å². The Morgan fingerprint density at radius 2 is 2.38 bits per heavy atom. The second-order valence-corrected chi connectivity index (χ2v) is 4.65. The maximum absolute atomic E-state index is 10.7. The van der Waals surface area contributed by atoms with Gasteiger partial charge in [-0.05, 0) is 5.92 Å². The van der Waals surface area contributed by atoms with Crippen molar-refractivity contribution in [2.75, 3.05) is 19.0 Å². The highest BCUT2D eigenvalue weighted by Gasteiger charge is 2.15. The minimum absolute atomic E-state index is 0.0763. The number of hydrogen-bond donors (Lipinski definition) is 2. The van der Waals surface area contributed by atoms with E-state index in [4.69, 9.17) is 9.84 Å². The first kappa shape index (κ1) is 12.9. The average molecular weight is 244 g/mol. The Balaban J connectivity index is 2.66. The number of thiazole rings is 1. The fraction of sp³-hybridized carbons (Fsp3) is 0.600. The van der Waals surface area contributed by atoms with Crippen LogP contribution in [0.15, 0.2) is 5.38 Å². The van der Waals surface area contributed by atoms with Gasteiger partial charge in [-0.1, -0.05) is 13.8 Å². The van der Waals surface area contributed by atoms with E-state index in [0.717, 1.165) is 0 Å². The molecule has 1 atom stereocenters. The van der Waals surface area contributed by atoms with Crippen molar-refractivity contribution in [3.05, 3.63) is 11.1 Å². The zero-order chi connectivity index (χ0) is 12.1. The van der Waals surface area contributed by atoms with Crippen LogP contribution in [-0.4, -0.2) is 35.8 Å². The highest BCUT2D eigenvalue weighted by Crippen LogP contribution is 2.18. The number of carboxylic acids is 1. The third kappa shape index (κ3) is 3.46. The minimum atomic E-state index is -1.00. The first-order valence-corrected chi connectivity index (χ1v) is 5.86. The Labute approximate surface area is 98.5 Å². The molecule has 0 spiro atoms. The minimum Gasteiger partial charge on any atom is -0.476 e. The van der Waals surface area contributed by atoms with Gasteiger partial charge in [0.05, 0.1) is 12.6 Å². The predicted molar refractivity (Wildman–Crippen MR) is 63.2 cm³/mol. The van der Waals surface area contributed by atoms with Crippen LogP contribution in [0.3, 0.4) is 0 Å². The number of methoxy groups -OCH3 is 1. The molecule has 0 aliphatic carbocycles. The molecule has 0 fully saturated rings. The molecule has 1 heterocycles. The zero-order valence-corrected chi connectivity index (χ0v) is 10.4. The number of carboxylic acid groups (broad SMARTS) is 1. The third-order valence-corrected chi connectivity index (χ3v) is 2.96. The van der Waals surface area contributed by atoms with Gasteiger partial charge in [0.25, 0.3) is 0 Å². The fourth-order valence-electron chi connectivity index (χ4n) is 1.18. The van der Waals surface area contributed by atoms with Gasteiger partial charge in [0.15, 0.2) is 10.8 Å². The number of nitrogens with one attached hydrogen (secondary N) is 1. The molecule has 2 N–H and O–H groups in total. The summed E-state index contributed by atoms with van der Waals surface area (Å²) >= 11 is 1.29. The van der Waals surface area contributed by atoms with Gasteiger partial charge in [-0.2, -0.15) is 0 Å². The van der Waals surface area contributed by atoms with Crippen LogP contribution in [-0.2, 0) is 4.74 Å². The molecule has 0 aromatic carbocycles. The van der Waals surface area contributed by atoms with E-state index in [1.807, 2.05) is 0 Å². The van der Waals surface area contributed by atoms with Gasteiger partial charge in [0.2, 0.25) is 0 Å². The van der Waals surface area contributed by atoms with Crippen molar-refractivity contribution in [2.24, 2.45) is 5.92 Å². The second kappa shape index (κ2) is 5.81. The van der Waals surface area contributed by atoms with Crippen LogP contribution in [0, 0.1) is 5.92 Å². The Hall–Kier alpha value is -1.14. The van der Waals surface area contributed by atoms with Crippen LogP contribution in [0.4, 0.5) is 5.13 Å². The Morgan fingerprint density at radius 3 is 2.81 bits per heavy atom. The molecule has 90 valence electrons. The number of aromatic nitrogens is 1. The van der Waals surface area contributed by atoms with Crippen molar-refractivity contribution in [2.45, 2.75) is 19.9 Å². The molecule has 1 aromatic rings. The highest BCUT2D eigenvalue weighted by molar-refractivity contribution is 7.13. The summed E-state index contributed by atoms with van der Waals surface area (Å²) in [5.41, 5.74) is 0.0763. The maximum atomic E-state index is 10.7. The van der Waals surface area contributed by atoms with Crippen LogP contribution in [0.25, 0.3) is 0 Å². The number of hydrogen-bond acceptors (Lipinski definition) is 5. The van der Waals surface area contributed by atoms with Crippen LogP contribution in [0.2, 0.25) is 0 Å². The van der Waals surface area contributed by atoms with E-state index in [0.29, 0.717) is 17.7 Å². The monoisotopic (exact) mass is 244 g/mol. The molecule has 1 unspecified atom stereocenters. The van der Waals surface area contributed by atoms with Crippen molar-refractivity contribution < 1.29 is 14.6 Å². The molecular formula is C10H16N2O3S. The van der Waals surface area contributed by atoms with Gasteiger partial charge in [-0.25, -0.2) is 9.78 Å². The lowest BCUT2D eigenvalue weighted by molar-refractivity contribution is 0.0691. The van der Waals surface area contributed by atoms with Crippen LogP contribution >= 0.6 is 11.3 Å². The summed E-state index contributed by atoms with van der Waals surface area (Å²) < 4.78 is 5.09. The second-order valence-electron chi connectivity index (χ2n) is 3.79. The summed E-state index contributed by atoms with van der Waals surface area (Å²) in [7, 11) is 1.64. The Morgan fingerprint density at radius 1 is 1.69 bits per heavy atom. The maximum Gasteiger partial charge on any atom is 0.355 e. The third-order valence-electron chi connectivity index (χ3n) is 2.18. The summed E-state index contributed by atoms with van der Waals surface area (Å²) in [6, 6.07) is 0.137. The summed E-state index contributed by atoms with van der Waals surface area (Å²) in [6.45, 7) is 4.71. The summed E-state index contributed by atoms with van der Waals surface area (Å²) in [6.07, 6.45) is 0. The quantitative estimate of drug-likeness (QED) is 0.800. The number of aromatic carboxylic acids is 1. The van der Waals surface area contributed by atoms with E-state index in [2.05, 4.69) is 24.1 Å². The molecule has 0 amide bonds. The smallest absolute Gasteiger partial charge is 0.355 e. The first-order valence-electron chi connectivity index (χ1n) is 4.99. The molecule has 0 aliphatic rings. The zero-order valence-electron chi connectivity index (χ0n) is 9.56. The normalized spacial score (nSPS) is 12.8. The van der Waals surface area contributed by atoms with Crippen molar-refractivity contribution in [1.29, 1.82) is 0 Å². The van der Waals surface area contributed by atoms with Gasteiger partial charge in [0.1, 0.15) is 0 Å². The molecule has 0 saturated heterocycles. The highest BCUT2D eigenvalue weighted by atomic mass is 32.1. The van der Waals surface area contributed by atoms with E-state index >= 15 is 0 Å². The van der Waals surface area contributed by atoms with Crippen LogP contribution < -0.4 is 5.32 Å². The molecule has 0 radical (unpaired) electrons. The molecule has 0 saturated carbocycles. The van der Waals surface area contributed by atoms with Crippen molar-refractivity contribution in [1.82, 2.24) is 4.98 Å². The number of nitrogens with zero attached hydrogens (tertiary/aromatic N) is 1. The summed E-state index contributed by atoms with van der Waals surface area (Å²) in [5, 5.41) is 14.1. The average Bonchev–Trinajstić information content (AvgIpc) is 2.65.